The number of aliphatic hydroxyl groups excluding tert-OH is 1. The molecule has 4 N–H and O–H groups in total. The molecule has 0 unspecified atom stereocenters. The number of methoxy groups -OCH3 is 1. The highest BCUT2D eigenvalue weighted by molar-refractivity contribution is 6.08. The lowest BCUT2D eigenvalue weighted by Gasteiger charge is -2.62. The number of para-hydroxylation sites is 1. The molecule has 4 atom stereocenters. The number of hydrogen-bond acceptors (Lipinski definition) is 8. The number of benzene rings is 2. The van der Waals surface area contributed by atoms with Crippen molar-refractivity contribution >= 4 is 17.6 Å². The Labute approximate surface area is 219 Å². The molecule has 7 rings (SSSR count). The zero-order chi connectivity index (χ0) is 26.4. The van der Waals surface area contributed by atoms with E-state index in [9.17, 15) is 24.9 Å². The monoisotopic (exact) mass is 518 g/mol. The Morgan fingerprint density at radius 2 is 1.97 bits per heavy atom. The average Bonchev–Trinajstić information content (AvgIpc) is 3.65. The van der Waals surface area contributed by atoms with Gasteiger partial charge in [0.2, 0.25) is 0 Å². The topological polar surface area (TPSA) is 129 Å². The molecular formula is C29H30N2O7. The summed E-state index contributed by atoms with van der Waals surface area (Å²) in [7, 11) is 1.26. The molecule has 198 valence electrons. The number of esters is 1. The van der Waals surface area contributed by atoms with Crippen LogP contribution in [0.25, 0.3) is 0 Å². The molecule has 2 aromatic rings. The number of hydrogen-bond donors (Lipinski definition) is 4. The van der Waals surface area contributed by atoms with Crippen molar-refractivity contribution in [1.29, 1.82) is 0 Å². The fourth-order valence-electron chi connectivity index (χ4n) is 7.45. The number of amides is 1. The number of ether oxygens (including phenoxy) is 2. The van der Waals surface area contributed by atoms with E-state index in [1.165, 1.54) is 20.0 Å². The fraction of sp³-hybridized carbons (Fsp3) is 0.448. The van der Waals surface area contributed by atoms with Crippen LogP contribution >= 0.6 is 0 Å². The minimum atomic E-state index is -1.41. The van der Waals surface area contributed by atoms with Crippen molar-refractivity contribution in [3.05, 3.63) is 64.4 Å². The molecule has 0 radical (unpaired) electrons. The van der Waals surface area contributed by atoms with Crippen molar-refractivity contribution in [2.24, 2.45) is 5.92 Å². The summed E-state index contributed by atoms with van der Waals surface area (Å²) in [6.45, 7) is 1.62. The number of piperidine rings is 1. The van der Waals surface area contributed by atoms with Gasteiger partial charge >= 0.3 is 5.97 Å². The summed E-state index contributed by atoms with van der Waals surface area (Å²) in [6.07, 6.45) is 2.37. The summed E-state index contributed by atoms with van der Waals surface area (Å²) in [6, 6.07) is 9.69. The van der Waals surface area contributed by atoms with Gasteiger partial charge < -0.3 is 30.1 Å². The van der Waals surface area contributed by atoms with Crippen LogP contribution in [0.4, 0.5) is 5.69 Å². The first kappa shape index (κ1) is 23.5. The lowest BCUT2D eigenvalue weighted by molar-refractivity contribution is -0.172. The molecule has 9 heteroatoms. The van der Waals surface area contributed by atoms with Gasteiger partial charge in [0.05, 0.1) is 34.9 Å². The molecule has 1 spiro atoms. The zero-order valence-corrected chi connectivity index (χ0v) is 21.1. The van der Waals surface area contributed by atoms with E-state index < -0.39 is 29.0 Å². The molecule has 9 nitrogen and oxygen atoms in total. The largest absolute Gasteiger partial charge is 0.508 e. The second-order valence-electron chi connectivity index (χ2n) is 11.3. The first-order chi connectivity index (χ1) is 18.3. The van der Waals surface area contributed by atoms with Gasteiger partial charge in [-0.25, -0.2) is 4.79 Å². The quantitative estimate of drug-likeness (QED) is 0.445. The highest BCUT2D eigenvalue weighted by Crippen LogP contribution is 2.66. The number of aliphatic hydroxyl groups is 2. The second-order valence-corrected chi connectivity index (χ2v) is 11.3. The standard InChI is InChI=1S/C29H30N2O7/c1-37-27(35)17-4-2-3-5-19(17)30-26(34)18-13-29(36)21-12-16-8-9-20(32)24-22(16)28(29,25(38-24)23(18)33)10-11-31(21)14-15-6-7-15/h2-5,8-9,15,21,25,32-33,36H,6-7,10-14H2,1H3,(H,30,34)/t21-,25+,28+,29-/m1/s1. The zero-order valence-electron chi connectivity index (χ0n) is 21.1. The third-order valence-electron chi connectivity index (χ3n) is 9.37. The van der Waals surface area contributed by atoms with E-state index >= 15 is 0 Å². The van der Waals surface area contributed by atoms with Gasteiger partial charge in [-0.3, -0.25) is 9.69 Å². The van der Waals surface area contributed by atoms with Crippen LogP contribution < -0.4 is 10.1 Å². The van der Waals surface area contributed by atoms with Gasteiger partial charge in [-0.05, 0) is 61.9 Å². The van der Waals surface area contributed by atoms with Crippen LogP contribution in [0.2, 0.25) is 0 Å². The van der Waals surface area contributed by atoms with E-state index in [4.69, 9.17) is 9.47 Å². The molecule has 2 heterocycles. The molecular weight excluding hydrogens is 488 g/mol. The Bertz CT molecular complexity index is 1420. The Morgan fingerprint density at radius 1 is 1.18 bits per heavy atom. The van der Waals surface area contributed by atoms with Crippen LogP contribution in [0, 0.1) is 5.92 Å². The van der Waals surface area contributed by atoms with Crippen molar-refractivity contribution in [3.8, 4) is 11.5 Å². The minimum Gasteiger partial charge on any atom is -0.508 e. The highest BCUT2D eigenvalue weighted by atomic mass is 16.5. The summed E-state index contributed by atoms with van der Waals surface area (Å²) in [5.74, 6) is -0.617. The molecule has 2 aromatic carbocycles. The molecule has 1 amide bonds. The number of carbonyl (C=O) groups excluding carboxylic acids is 2. The molecule has 1 saturated carbocycles. The molecule has 2 bridgehead atoms. The predicted molar refractivity (Wildman–Crippen MR) is 136 cm³/mol. The van der Waals surface area contributed by atoms with Crippen molar-refractivity contribution in [1.82, 2.24) is 4.90 Å². The van der Waals surface area contributed by atoms with Crippen LogP contribution in [-0.2, 0) is 21.4 Å². The van der Waals surface area contributed by atoms with Gasteiger partial charge in [-0.1, -0.05) is 18.2 Å². The van der Waals surface area contributed by atoms with Crippen LogP contribution in [0.1, 0.15) is 47.2 Å². The smallest absolute Gasteiger partial charge is 0.339 e. The van der Waals surface area contributed by atoms with Gasteiger partial charge in [-0.2, -0.15) is 0 Å². The Hall–Kier alpha value is -3.56. The van der Waals surface area contributed by atoms with E-state index in [0.717, 1.165) is 24.2 Å². The molecule has 3 aliphatic carbocycles. The highest BCUT2D eigenvalue weighted by Gasteiger charge is 2.73. The van der Waals surface area contributed by atoms with Crippen molar-refractivity contribution in [2.75, 3.05) is 25.5 Å². The van der Waals surface area contributed by atoms with Gasteiger partial charge in [0.25, 0.3) is 5.91 Å². The number of phenols is 1. The number of aromatic hydroxyl groups is 1. The molecule has 1 saturated heterocycles. The summed E-state index contributed by atoms with van der Waals surface area (Å²) < 4.78 is 11.1. The van der Waals surface area contributed by atoms with E-state index in [-0.39, 0.29) is 46.5 Å². The summed E-state index contributed by atoms with van der Waals surface area (Å²) in [5, 5.41) is 37.7. The fourth-order valence-corrected chi connectivity index (χ4v) is 7.45. The SMILES string of the molecule is COC(=O)c1ccccc1NC(=O)C1=C(O)[C@@H]2Oc3c(O)ccc4c3[C@@]23CCN(CC2CC2)[C@H](C4)[C@]3(O)C1. The van der Waals surface area contributed by atoms with Crippen LogP contribution in [0.15, 0.2) is 47.7 Å². The molecule has 0 aromatic heterocycles. The number of nitrogens with zero attached hydrogens (tertiary/aromatic N) is 1. The van der Waals surface area contributed by atoms with E-state index in [0.29, 0.717) is 18.8 Å². The Morgan fingerprint density at radius 3 is 2.74 bits per heavy atom. The lowest BCUT2D eigenvalue weighted by Crippen LogP contribution is -2.75. The minimum absolute atomic E-state index is 0.0156. The maximum atomic E-state index is 13.7. The number of rotatable bonds is 5. The third kappa shape index (κ3) is 3.00. The van der Waals surface area contributed by atoms with Crippen LogP contribution in [0.5, 0.6) is 11.5 Å². The van der Waals surface area contributed by atoms with Crippen LogP contribution in [-0.4, -0.2) is 70.0 Å². The average molecular weight is 519 g/mol. The summed E-state index contributed by atoms with van der Waals surface area (Å²) in [4.78, 5) is 28.3. The first-order valence-corrected chi connectivity index (χ1v) is 13.2. The number of carbonyl (C=O) groups is 2. The first-order valence-electron chi connectivity index (χ1n) is 13.2. The third-order valence-corrected chi connectivity index (χ3v) is 9.37. The predicted octanol–water partition coefficient (Wildman–Crippen LogP) is 2.80. The molecule has 2 fully saturated rings. The number of likely N-dealkylation sites (tertiary alicyclic amines) is 1. The molecule has 5 aliphatic rings. The van der Waals surface area contributed by atoms with Gasteiger partial charge in [0, 0.05) is 24.6 Å². The van der Waals surface area contributed by atoms with Gasteiger partial charge in [-0.15, -0.1) is 0 Å². The molecule has 38 heavy (non-hydrogen) atoms. The van der Waals surface area contributed by atoms with Crippen molar-refractivity contribution in [3.63, 3.8) is 0 Å². The second kappa shape index (κ2) is 7.97. The van der Waals surface area contributed by atoms with Crippen molar-refractivity contribution in [2.45, 2.75) is 55.3 Å². The summed E-state index contributed by atoms with van der Waals surface area (Å²) in [5.41, 5.74) is -0.181. The Balaban J connectivity index is 1.33. The van der Waals surface area contributed by atoms with Crippen LogP contribution in [0.3, 0.4) is 0 Å². The van der Waals surface area contributed by atoms with Gasteiger partial charge in [0.15, 0.2) is 17.6 Å². The normalized spacial score (nSPS) is 30.9. The van der Waals surface area contributed by atoms with E-state index in [2.05, 4.69) is 10.2 Å². The number of anilines is 1. The number of nitrogens with one attached hydrogen (secondary N) is 1. The van der Waals surface area contributed by atoms with E-state index in [1.807, 2.05) is 6.07 Å². The number of phenolic OH excluding ortho intramolecular Hbond substituents is 1. The maximum Gasteiger partial charge on any atom is 0.339 e. The summed E-state index contributed by atoms with van der Waals surface area (Å²) >= 11 is 0. The van der Waals surface area contributed by atoms with Gasteiger partial charge in [0.1, 0.15) is 5.76 Å². The lowest BCUT2D eigenvalue weighted by atomic mass is 9.49. The maximum absolute atomic E-state index is 13.7. The Kier molecular flexibility index (Phi) is 4.94. The molecule has 2 aliphatic heterocycles. The van der Waals surface area contributed by atoms with E-state index in [1.54, 1.807) is 30.3 Å². The van der Waals surface area contributed by atoms with Crippen molar-refractivity contribution < 1.29 is 34.4 Å².